The Balaban J connectivity index is 2.86. The van der Waals surface area contributed by atoms with Crippen LogP contribution in [0.5, 0.6) is 5.75 Å². The van der Waals surface area contributed by atoms with E-state index in [2.05, 4.69) is 11.8 Å². The summed E-state index contributed by atoms with van der Waals surface area (Å²) in [4.78, 5) is 0. The normalized spacial score (nSPS) is 9.81. The Hall–Kier alpha value is -1.53. The van der Waals surface area contributed by atoms with Crippen molar-refractivity contribution in [3.8, 4) is 17.6 Å². The maximum absolute atomic E-state index is 13.3. The van der Waals surface area contributed by atoms with Gasteiger partial charge in [-0.05, 0) is 32.0 Å². The summed E-state index contributed by atoms with van der Waals surface area (Å²) in [5.74, 6) is 5.43. The topological polar surface area (TPSA) is 29.5 Å². The van der Waals surface area contributed by atoms with Crippen molar-refractivity contribution < 1.29 is 14.2 Å². The van der Waals surface area contributed by atoms with E-state index >= 15 is 0 Å². The molecule has 1 rings (SSSR count). The SMILES string of the molecule is CC(C)Oc1cc(C#CCCO)ccc1F. The van der Waals surface area contributed by atoms with Crippen LogP contribution in [0.1, 0.15) is 25.8 Å². The standard InChI is InChI=1S/C13H15FO2/c1-10(2)16-13-9-11(5-3-4-8-15)6-7-12(13)14/h6-7,9-10,15H,4,8H2,1-2H3. The molecule has 0 radical (unpaired) electrons. The highest BCUT2D eigenvalue weighted by Gasteiger charge is 2.05. The second-order valence-corrected chi connectivity index (χ2v) is 3.59. The van der Waals surface area contributed by atoms with Crippen LogP contribution in [0, 0.1) is 17.7 Å². The first-order valence-corrected chi connectivity index (χ1v) is 5.19. The first-order chi connectivity index (χ1) is 7.63. The molecule has 0 bridgehead atoms. The lowest BCUT2D eigenvalue weighted by Gasteiger charge is -2.10. The summed E-state index contributed by atoms with van der Waals surface area (Å²) in [6.07, 6.45) is 0.340. The molecule has 2 nitrogen and oxygen atoms in total. The predicted octanol–water partition coefficient (Wildman–Crippen LogP) is 2.35. The third-order valence-corrected chi connectivity index (χ3v) is 1.76. The van der Waals surface area contributed by atoms with Gasteiger partial charge in [-0.3, -0.25) is 0 Å². The van der Waals surface area contributed by atoms with E-state index < -0.39 is 0 Å². The fourth-order valence-electron chi connectivity index (χ4n) is 1.15. The van der Waals surface area contributed by atoms with E-state index in [9.17, 15) is 4.39 Å². The maximum Gasteiger partial charge on any atom is 0.165 e. The molecule has 0 aliphatic carbocycles. The fourth-order valence-corrected chi connectivity index (χ4v) is 1.15. The molecule has 16 heavy (non-hydrogen) atoms. The number of aliphatic hydroxyl groups excluding tert-OH is 1. The highest BCUT2D eigenvalue weighted by Crippen LogP contribution is 2.19. The zero-order valence-corrected chi connectivity index (χ0v) is 9.46. The molecule has 1 aromatic carbocycles. The number of halogens is 1. The molecule has 0 amide bonds. The lowest BCUT2D eigenvalue weighted by atomic mass is 10.2. The molecule has 0 aromatic heterocycles. The molecular weight excluding hydrogens is 207 g/mol. The van der Waals surface area contributed by atoms with Crippen LogP contribution >= 0.6 is 0 Å². The molecule has 0 saturated heterocycles. The fraction of sp³-hybridized carbons (Fsp3) is 0.385. The van der Waals surface area contributed by atoms with Crippen LogP contribution in [0.2, 0.25) is 0 Å². The number of ether oxygens (including phenoxy) is 1. The van der Waals surface area contributed by atoms with Crippen molar-refractivity contribution in [1.82, 2.24) is 0 Å². The highest BCUT2D eigenvalue weighted by atomic mass is 19.1. The maximum atomic E-state index is 13.3. The second-order valence-electron chi connectivity index (χ2n) is 3.59. The number of hydrogen-bond donors (Lipinski definition) is 1. The van der Waals surface area contributed by atoms with Gasteiger partial charge in [-0.25, -0.2) is 4.39 Å². The van der Waals surface area contributed by atoms with Gasteiger partial charge in [-0.15, -0.1) is 0 Å². The molecule has 0 aliphatic heterocycles. The van der Waals surface area contributed by atoms with Crippen LogP contribution in [0.25, 0.3) is 0 Å². The average Bonchev–Trinajstić information content (AvgIpc) is 2.22. The lowest BCUT2D eigenvalue weighted by molar-refractivity contribution is 0.231. The van der Waals surface area contributed by atoms with Crippen molar-refractivity contribution in [3.63, 3.8) is 0 Å². The zero-order valence-electron chi connectivity index (χ0n) is 9.46. The average molecular weight is 222 g/mol. The Labute approximate surface area is 95.1 Å². The molecule has 1 aromatic rings. The first-order valence-electron chi connectivity index (χ1n) is 5.19. The van der Waals surface area contributed by atoms with Gasteiger partial charge in [0.1, 0.15) is 0 Å². The molecule has 3 heteroatoms. The minimum absolute atomic E-state index is 0.0313. The molecule has 0 unspecified atom stereocenters. The van der Waals surface area contributed by atoms with Gasteiger partial charge in [0.2, 0.25) is 0 Å². The van der Waals surface area contributed by atoms with E-state index in [1.165, 1.54) is 6.07 Å². The van der Waals surface area contributed by atoms with Gasteiger partial charge in [-0.1, -0.05) is 11.8 Å². The van der Waals surface area contributed by atoms with Gasteiger partial charge < -0.3 is 9.84 Å². The van der Waals surface area contributed by atoms with Gasteiger partial charge in [0.25, 0.3) is 0 Å². The van der Waals surface area contributed by atoms with Crippen molar-refractivity contribution in [1.29, 1.82) is 0 Å². The number of hydrogen-bond acceptors (Lipinski definition) is 2. The van der Waals surface area contributed by atoms with Gasteiger partial charge in [0.05, 0.1) is 12.7 Å². The Kier molecular flexibility index (Phi) is 4.81. The summed E-state index contributed by atoms with van der Waals surface area (Å²) in [5.41, 5.74) is 0.686. The summed E-state index contributed by atoms with van der Waals surface area (Å²) in [6.45, 7) is 3.71. The van der Waals surface area contributed by atoms with E-state index in [4.69, 9.17) is 9.84 Å². The van der Waals surface area contributed by atoms with E-state index in [0.717, 1.165) is 0 Å². The summed E-state index contributed by atoms with van der Waals surface area (Å²) in [5, 5.41) is 8.57. The lowest BCUT2D eigenvalue weighted by Crippen LogP contribution is -2.07. The molecule has 0 heterocycles. The predicted molar refractivity (Wildman–Crippen MR) is 60.7 cm³/mol. The summed E-state index contributed by atoms with van der Waals surface area (Å²) < 4.78 is 18.6. The molecule has 1 N–H and O–H groups in total. The minimum Gasteiger partial charge on any atom is -0.488 e. The van der Waals surface area contributed by atoms with Crippen LogP contribution in [0.3, 0.4) is 0 Å². The number of aliphatic hydroxyl groups is 1. The molecule has 0 saturated carbocycles. The van der Waals surface area contributed by atoms with Crippen LogP contribution in [-0.4, -0.2) is 17.8 Å². The smallest absolute Gasteiger partial charge is 0.165 e. The Morgan fingerprint density at radius 1 is 1.44 bits per heavy atom. The quantitative estimate of drug-likeness (QED) is 0.795. The minimum atomic E-state index is -0.388. The summed E-state index contributed by atoms with van der Waals surface area (Å²) >= 11 is 0. The largest absolute Gasteiger partial charge is 0.488 e. The summed E-state index contributed by atoms with van der Waals surface area (Å²) in [7, 11) is 0. The van der Waals surface area contributed by atoms with Crippen LogP contribution < -0.4 is 4.74 Å². The van der Waals surface area contributed by atoms with E-state index in [1.54, 1.807) is 12.1 Å². The summed E-state index contributed by atoms with van der Waals surface area (Å²) in [6, 6.07) is 4.49. The van der Waals surface area contributed by atoms with Crippen molar-refractivity contribution in [2.24, 2.45) is 0 Å². The molecule has 0 spiro atoms. The Morgan fingerprint density at radius 2 is 2.19 bits per heavy atom. The molecular formula is C13H15FO2. The van der Waals surface area contributed by atoms with Crippen molar-refractivity contribution in [2.45, 2.75) is 26.4 Å². The Bertz CT molecular complexity index is 402. The van der Waals surface area contributed by atoms with Crippen LogP contribution in [-0.2, 0) is 0 Å². The molecule has 0 fully saturated rings. The first kappa shape index (κ1) is 12.5. The van der Waals surface area contributed by atoms with Gasteiger partial charge in [0.15, 0.2) is 11.6 Å². The van der Waals surface area contributed by atoms with E-state index in [1.807, 2.05) is 13.8 Å². The van der Waals surface area contributed by atoms with Crippen molar-refractivity contribution in [3.05, 3.63) is 29.6 Å². The van der Waals surface area contributed by atoms with E-state index in [0.29, 0.717) is 12.0 Å². The monoisotopic (exact) mass is 222 g/mol. The van der Waals surface area contributed by atoms with Crippen LogP contribution in [0.15, 0.2) is 18.2 Å². The van der Waals surface area contributed by atoms with Crippen molar-refractivity contribution >= 4 is 0 Å². The highest BCUT2D eigenvalue weighted by molar-refractivity contribution is 5.40. The van der Waals surface area contributed by atoms with E-state index in [-0.39, 0.29) is 24.3 Å². The third kappa shape index (κ3) is 3.92. The van der Waals surface area contributed by atoms with Crippen molar-refractivity contribution in [2.75, 3.05) is 6.61 Å². The van der Waals surface area contributed by atoms with Gasteiger partial charge >= 0.3 is 0 Å². The number of rotatable bonds is 3. The molecule has 0 aliphatic rings. The second kappa shape index (κ2) is 6.14. The van der Waals surface area contributed by atoms with Gasteiger partial charge in [0, 0.05) is 12.0 Å². The third-order valence-electron chi connectivity index (χ3n) is 1.76. The Morgan fingerprint density at radius 3 is 2.81 bits per heavy atom. The van der Waals surface area contributed by atoms with Crippen LogP contribution in [0.4, 0.5) is 4.39 Å². The van der Waals surface area contributed by atoms with Gasteiger partial charge in [-0.2, -0.15) is 0 Å². The molecule has 0 atom stereocenters. The number of benzene rings is 1. The zero-order chi connectivity index (χ0) is 12.0. The molecule has 86 valence electrons.